The predicted octanol–water partition coefficient (Wildman–Crippen LogP) is 4.33. The molecule has 0 N–H and O–H groups in total. The first kappa shape index (κ1) is 16.6. The van der Waals surface area contributed by atoms with Gasteiger partial charge in [0, 0.05) is 19.1 Å². The van der Waals surface area contributed by atoms with E-state index in [-0.39, 0.29) is 6.10 Å². The number of morpholine rings is 1. The number of benzene rings is 2. The Labute approximate surface area is 151 Å². The van der Waals surface area contributed by atoms with Crippen molar-refractivity contribution < 1.29 is 4.74 Å². The number of aryl methyl sites for hydroxylation is 2. The SMILES string of the molecule is CC(C)N1CCOC(C=C2c3ccccc3CCc3ccccc32)C1. The van der Waals surface area contributed by atoms with Crippen molar-refractivity contribution in [2.45, 2.75) is 38.8 Å². The first-order chi connectivity index (χ1) is 12.2. The van der Waals surface area contributed by atoms with Crippen LogP contribution in [0, 0.1) is 0 Å². The number of hydrogen-bond acceptors (Lipinski definition) is 2. The second kappa shape index (κ2) is 7.15. The number of ether oxygens (including phenoxy) is 1. The molecule has 0 saturated carbocycles. The Kier molecular flexibility index (Phi) is 4.74. The van der Waals surface area contributed by atoms with Crippen LogP contribution in [0.4, 0.5) is 0 Å². The fourth-order valence-corrected chi connectivity index (χ4v) is 4.05. The van der Waals surface area contributed by atoms with Gasteiger partial charge in [-0.25, -0.2) is 0 Å². The van der Waals surface area contributed by atoms with Crippen LogP contribution in [-0.4, -0.2) is 36.7 Å². The summed E-state index contributed by atoms with van der Waals surface area (Å²) in [5, 5.41) is 0. The maximum atomic E-state index is 6.11. The van der Waals surface area contributed by atoms with Crippen molar-refractivity contribution in [1.82, 2.24) is 4.90 Å². The standard InChI is InChI=1S/C23H27NO/c1-17(2)24-13-14-25-20(16-24)15-23-21-9-5-3-7-18(21)11-12-19-8-4-6-10-22(19)23/h3-10,15,17,20H,11-14,16H2,1-2H3. The highest BCUT2D eigenvalue weighted by atomic mass is 16.5. The summed E-state index contributed by atoms with van der Waals surface area (Å²) in [5.74, 6) is 0. The van der Waals surface area contributed by atoms with Gasteiger partial charge >= 0.3 is 0 Å². The molecular formula is C23H27NO. The van der Waals surface area contributed by atoms with Crippen molar-refractivity contribution in [3.63, 3.8) is 0 Å². The van der Waals surface area contributed by atoms with E-state index in [2.05, 4.69) is 73.4 Å². The van der Waals surface area contributed by atoms with Gasteiger partial charge in [0.15, 0.2) is 0 Å². The highest BCUT2D eigenvalue weighted by Gasteiger charge is 2.24. The van der Waals surface area contributed by atoms with Crippen LogP contribution in [0.25, 0.3) is 5.57 Å². The van der Waals surface area contributed by atoms with Crippen LogP contribution >= 0.6 is 0 Å². The highest BCUT2D eigenvalue weighted by molar-refractivity contribution is 5.84. The topological polar surface area (TPSA) is 12.5 Å². The normalized spacial score (nSPS) is 20.8. The van der Waals surface area contributed by atoms with Crippen molar-refractivity contribution in [2.24, 2.45) is 0 Å². The number of rotatable bonds is 2. The molecule has 2 heteroatoms. The van der Waals surface area contributed by atoms with Gasteiger partial charge in [0.05, 0.1) is 12.7 Å². The molecule has 130 valence electrons. The molecule has 25 heavy (non-hydrogen) atoms. The molecule has 2 nitrogen and oxygen atoms in total. The Hall–Kier alpha value is -1.90. The van der Waals surface area contributed by atoms with Crippen LogP contribution in [0.1, 0.15) is 36.1 Å². The van der Waals surface area contributed by atoms with E-state index in [1.165, 1.54) is 27.8 Å². The third-order valence-electron chi connectivity index (χ3n) is 5.49. The lowest BCUT2D eigenvalue weighted by Gasteiger charge is -2.34. The van der Waals surface area contributed by atoms with E-state index < -0.39 is 0 Å². The van der Waals surface area contributed by atoms with E-state index in [9.17, 15) is 0 Å². The van der Waals surface area contributed by atoms with Crippen molar-refractivity contribution in [1.29, 1.82) is 0 Å². The lowest BCUT2D eigenvalue weighted by molar-refractivity contribution is -0.0146. The number of fused-ring (bicyclic) bond motifs is 2. The lowest BCUT2D eigenvalue weighted by atomic mass is 9.92. The average molecular weight is 333 g/mol. The molecule has 1 aliphatic carbocycles. The van der Waals surface area contributed by atoms with Gasteiger partial charge < -0.3 is 4.74 Å². The zero-order chi connectivity index (χ0) is 17.2. The summed E-state index contributed by atoms with van der Waals surface area (Å²) in [4.78, 5) is 2.51. The minimum absolute atomic E-state index is 0.158. The van der Waals surface area contributed by atoms with E-state index in [1.54, 1.807) is 0 Å². The smallest absolute Gasteiger partial charge is 0.0892 e. The van der Waals surface area contributed by atoms with Gasteiger partial charge in [-0.3, -0.25) is 4.90 Å². The third-order valence-corrected chi connectivity index (χ3v) is 5.49. The monoisotopic (exact) mass is 333 g/mol. The highest BCUT2D eigenvalue weighted by Crippen LogP contribution is 2.34. The predicted molar refractivity (Wildman–Crippen MR) is 104 cm³/mol. The Morgan fingerprint density at radius 2 is 1.56 bits per heavy atom. The Balaban J connectivity index is 1.77. The molecule has 4 rings (SSSR count). The molecule has 1 unspecified atom stereocenters. The summed E-state index contributed by atoms with van der Waals surface area (Å²) >= 11 is 0. The van der Waals surface area contributed by atoms with E-state index >= 15 is 0 Å². The Morgan fingerprint density at radius 1 is 0.960 bits per heavy atom. The maximum Gasteiger partial charge on any atom is 0.0892 e. The van der Waals surface area contributed by atoms with Crippen molar-refractivity contribution >= 4 is 5.57 Å². The number of nitrogens with zero attached hydrogens (tertiary/aromatic N) is 1. The van der Waals surface area contributed by atoms with Gasteiger partial charge in [-0.15, -0.1) is 0 Å². The summed E-state index contributed by atoms with van der Waals surface area (Å²) in [7, 11) is 0. The average Bonchev–Trinajstić information content (AvgIpc) is 2.80. The molecule has 0 bridgehead atoms. The molecular weight excluding hydrogens is 306 g/mol. The minimum atomic E-state index is 0.158. The van der Waals surface area contributed by atoms with E-state index in [4.69, 9.17) is 4.74 Å². The van der Waals surface area contributed by atoms with Crippen LogP contribution in [0.3, 0.4) is 0 Å². The lowest BCUT2D eigenvalue weighted by Crippen LogP contribution is -2.45. The van der Waals surface area contributed by atoms with Crippen LogP contribution in [-0.2, 0) is 17.6 Å². The largest absolute Gasteiger partial charge is 0.371 e. The molecule has 1 fully saturated rings. The van der Waals surface area contributed by atoms with Crippen LogP contribution < -0.4 is 0 Å². The summed E-state index contributed by atoms with van der Waals surface area (Å²) in [5.41, 5.74) is 6.98. The summed E-state index contributed by atoms with van der Waals surface area (Å²) in [6.45, 7) is 7.36. The Morgan fingerprint density at radius 3 is 2.16 bits per heavy atom. The van der Waals surface area contributed by atoms with Crippen LogP contribution in [0.2, 0.25) is 0 Å². The minimum Gasteiger partial charge on any atom is -0.371 e. The molecule has 1 atom stereocenters. The first-order valence-corrected chi connectivity index (χ1v) is 9.46. The quantitative estimate of drug-likeness (QED) is 0.811. The summed E-state index contributed by atoms with van der Waals surface area (Å²) in [6, 6.07) is 18.3. The third kappa shape index (κ3) is 3.42. The van der Waals surface area contributed by atoms with Crippen LogP contribution in [0.5, 0.6) is 0 Å². The molecule has 1 saturated heterocycles. The van der Waals surface area contributed by atoms with Crippen molar-refractivity contribution in [2.75, 3.05) is 19.7 Å². The second-order valence-corrected chi connectivity index (χ2v) is 7.39. The molecule has 1 aliphatic heterocycles. The molecule has 2 aromatic rings. The van der Waals surface area contributed by atoms with Gasteiger partial charge in [0.2, 0.25) is 0 Å². The fourth-order valence-electron chi connectivity index (χ4n) is 4.05. The summed E-state index contributed by atoms with van der Waals surface area (Å²) < 4.78 is 6.11. The molecule has 1 heterocycles. The Bertz CT molecular complexity index is 728. The molecule has 2 aliphatic rings. The maximum absolute atomic E-state index is 6.11. The van der Waals surface area contributed by atoms with Crippen LogP contribution in [0.15, 0.2) is 54.6 Å². The van der Waals surface area contributed by atoms with Gasteiger partial charge in [-0.1, -0.05) is 48.5 Å². The molecule has 2 aromatic carbocycles. The fraction of sp³-hybridized carbons (Fsp3) is 0.391. The zero-order valence-electron chi connectivity index (χ0n) is 15.2. The van der Waals surface area contributed by atoms with E-state index in [1.807, 2.05) is 0 Å². The second-order valence-electron chi connectivity index (χ2n) is 7.39. The van der Waals surface area contributed by atoms with Crippen molar-refractivity contribution in [3.8, 4) is 0 Å². The molecule has 0 aromatic heterocycles. The van der Waals surface area contributed by atoms with Gasteiger partial charge in [-0.05, 0) is 60.6 Å². The first-order valence-electron chi connectivity index (χ1n) is 9.46. The zero-order valence-corrected chi connectivity index (χ0v) is 15.2. The van der Waals surface area contributed by atoms with Crippen molar-refractivity contribution in [3.05, 3.63) is 76.9 Å². The molecule has 0 spiro atoms. The number of hydrogen-bond donors (Lipinski definition) is 0. The van der Waals surface area contributed by atoms with Gasteiger partial charge in [0.25, 0.3) is 0 Å². The van der Waals surface area contributed by atoms with E-state index in [0.29, 0.717) is 6.04 Å². The summed E-state index contributed by atoms with van der Waals surface area (Å²) in [6.07, 6.45) is 4.74. The van der Waals surface area contributed by atoms with Gasteiger partial charge in [-0.2, -0.15) is 0 Å². The van der Waals surface area contributed by atoms with E-state index in [0.717, 1.165) is 32.5 Å². The molecule has 0 radical (unpaired) electrons. The molecule has 0 amide bonds. The van der Waals surface area contributed by atoms with Gasteiger partial charge in [0.1, 0.15) is 0 Å².